The van der Waals surface area contributed by atoms with Gasteiger partial charge in [-0.05, 0) is 61.8 Å². The summed E-state index contributed by atoms with van der Waals surface area (Å²) in [5.74, 6) is 0.756. The quantitative estimate of drug-likeness (QED) is 0.197. The molecule has 47 heavy (non-hydrogen) atoms. The molecule has 1 aliphatic carbocycles. The number of nitrogens with zero attached hydrogens (tertiary/aromatic N) is 2. The molecular formula is C44H26N2S. The van der Waals surface area contributed by atoms with Crippen molar-refractivity contribution in [1.82, 2.24) is 9.97 Å². The van der Waals surface area contributed by atoms with E-state index in [1.165, 1.54) is 65.4 Å². The average Bonchev–Trinajstić information content (AvgIpc) is 3.69. The molecule has 3 heteroatoms. The molecule has 0 atom stereocenters. The summed E-state index contributed by atoms with van der Waals surface area (Å²) in [6.45, 7) is 0. The first-order valence-corrected chi connectivity index (χ1v) is 16.7. The molecule has 2 nitrogen and oxygen atoms in total. The minimum absolute atomic E-state index is 0.756. The Balaban J connectivity index is 1.25. The van der Waals surface area contributed by atoms with Gasteiger partial charge in [0, 0.05) is 26.8 Å². The fourth-order valence-corrected chi connectivity index (χ4v) is 8.48. The highest BCUT2D eigenvalue weighted by Crippen LogP contribution is 2.54. The van der Waals surface area contributed by atoms with Crippen molar-refractivity contribution in [3.8, 4) is 67.2 Å². The molecule has 2 heterocycles. The molecule has 0 N–H and O–H groups in total. The van der Waals surface area contributed by atoms with Crippen molar-refractivity contribution in [1.29, 1.82) is 0 Å². The summed E-state index contributed by atoms with van der Waals surface area (Å²) in [7, 11) is 0. The molecule has 0 saturated heterocycles. The van der Waals surface area contributed by atoms with Gasteiger partial charge in [0.25, 0.3) is 0 Å². The van der Waals surface area contributed by atoms with Gasteiger partial charge in [-0.2, -0.15) is 0 Å². The van der Waals surface area contributed by atoms with Gasteiger partial charge in [0.2, 0.25) is 0 Å². The lowest BCUT2D eigenvalue weighted by Crippen LogP contribution is -1.96. The zero-order valence-corrected chi connectivity index (χ0v) is 26.1. The Morgan fingerprint density at radius 1 is 0.404 bits per heavy atom. The number of thiophene rings is 1. The summed E-state index contributed by atoms with van der Waals surface area (Å²) < 4.78 is 2.35. The van der Waals surface area contributed by atoms with Crippen LogP contribution in [0.5, 0.6) is 0 Å². The van der Waals surface area contributed by atoms with Crippen LogP contribution in [-0.4, -0.2) is 9.97 Å². The van der Waals surface area contributed by atoms with Gasteiger partial charge in [-0.3, -0.25) is 0 Å². The summed E-state index contributed by atoms with van der Waals surface area (Å²) in [4.78, 5) is 10.8. The van der Waals surface area contributed by atoms with E-state index < -0.39 is 0 Å². The minimum Gasteiger partial charge on any atom is -0.226 e. The minimum atomic E-state index is 0.756. The first kappa shape index (κ1) is 26.3. The van der Waals surface area contributed by atoms with Crippen molar-refractivity contribution in [3.63, 3.8) is 0 Å². The first-order valence-electron chi connectivity index (χ1n) is 15.9. The van der Waals surface area contributed by atoms with E-state index in [4.69, 9.17) is 9.97 Å². The summed E-state index contributed by atoms with van der Waals surface area (Å²) >= 11 is 1.77. The Morgan fingerprint density at radius 3 is 1.74 bits per heavy atom. The van der Waals surface area contributed by atoms with Gasteiger partial charge in [-0.25, -0.2) is 9.97 Å². The van der Waals surface area contributed by atoms with Crippen molar-refractivity contribution < 1.29 is 0 Å². The predicted octanol–water partition coefficient (Wildman–Crippen LogP) is 12.3. The number of fused-ring (bicyclic) bond motifs is 6. The third-order valence-electron chi connectivity index (χ3n) is 9.46. The maximum Gasteiger partial charge on any atom is 0.161 e. The van der Waals surface area contributed by atoms with E-state index in [1.807, 2.05) is 0 Å². The molecule has 218 valence electrons. The molecule has 0 fully saturated rings. The van der Waals surface area contributed by atoms with Crippen LogP contribution in [0.15, 0.2) is 158 Å². The largest absolute Gasteiger partial charge is 0.226 e. The molecular weight excluding hydrogens is 589 g/mol. The topological polar surface area (TPSA) is 25.8 Å². The summed E-state index contributed by atoms with van der Waals surface area (Å²) in [6.07, 6.45) is 0. The second-order valence-corrected chi connectivity index (χ2v) is 13.2. The van der Waals surface area contributed by atoms with Crippen molar-refractivity contribution in [2.75, 3.05) is 0 Å². The molecule has 2 aromatic heterocycles. The second-order valence-electron chi connectivity index (χ2n) is 12.1. The molecule has 0 unspecified atom stereocenters. The Hall–Kier alpha value is -5.90. The Labute approximate surface area is 276 Å². The molecule has 0 radical (unpaired) electrons. The third kappa shape index (κ3) is 4.04. The maximum absolute atomic E-state index is 5.39. The highest BCUT2D eigenvalue weighted by molar-refractivity contribution is 7.26. The molecule has 0 aliphatic heterocycles. The standard InChI is InChI=1S/C44H26N2S/c1-3-11-27(12-4-1)28-21-23-29(24-22-28)32-25-26-36(40-35-19-10-16-30-15-9-18-34(38(30)35)39(32)40)44-45-41(31-13-5-2-6-14-31)43-42(46-44)33-17-7-8-20-37(33)47-43/h1-26H. The zero-order chi connectivity index (χ0) is 30.9. The molecule has 0 amide bonds. The van der Waals surface area contributed by atoms with Gasteiger partial charge in [0.05, 0.1) is 15.9 Å². The monoisotopic (exact) mass is 614 g/mol. The normalized spacial score (nSPS) is 11.8. The fourth-order valence-electron chi connectivity index (χ4n) is 7.32. The number of aromatic nitrogens is 2. The van der Waals surface area contributed by atoms with Crippen molar-refractivity contribution in [2.45, 2.75) is 0 Å². The van der Waals surface area contributed by atoms with E-state index in [9.17, 15) is 0 Å². The Morgan fingerprint density at radius 2 is 1.00 bits per heavy atom. The van der Waals surface area contributed by atoms with Crippen LogP contribution in [-0.2, 0) is 0 Å². The van der Waals surface area contributed by atoms with E-state index in [0.29, 0.717) is 0 Å². The van der Waals surface area contributed by atoms with E-state index in [2.05, 4.69) is 158 Å². The van der Waals surface area contributed by atoms with Gasteiger partial charge in [-0.1, -0.05) is 146 Å². The molecule has 7 aromatic carbocycles. The second kappa shape index (κ2) is 10.3. The Kier molecular flexibility index (Phi) is 5.78. The van der Waals surface area contributed by atoms with Gasteiger partial charge in [-0.15, -0.1) is 11.3 Å². The number of rotatable bonds is 4. The highest BCUT2D eigenvalue weighted by Gasteiger charge is 2.29. The Bertz CT molecular complexity index is 2650. The molecule has 1 aliphatic rings. The summed E-state index contributed by atoms with van der Waals surface area (Å²) in [6, 6.07) is 56.5. The lowest BCUT2D eigenvalue weighted by atomic mass is 9.89. The predicted molar refractivity (Wildman–Crippen MR) is 199 cm³/mol. The van der Waals surface area contributed by atoms with Crippen LogP contribution >= 0.6 is 11.3 Å². The summed E-state index contributed by atoms with van der Waals surface area (Å²) in [5.41, 5.74) is 14.0. The van der Waals surface area contributed by atoms with E-state index >= 15 is 0 Å². The van der Waals surface area contributed by atoms with Crippen LogP contribution in [0.2, 0.25) is 0 Å². The third-order valence-corrected chi connectivity index (χ3v) is 10.6. The van der Waals surface area contributed by atoms with Crippen molar-refractivity contribution >= 4 is 42.4 Å². The molecule has 9 aromatic rings. The first-order chi connectivity index (χ1) is 23.3. The maximum atomic E-state index is 5.39. The van der Waals surface area contributed by atoms with Crippen LogP contribution in [0.25, 0.3) is 98.2 Å². The number of benzene rings is 7. The van der Waals surface area contributed by atoms with Crippen LogP contribution in [0.4, 0.5) is 0 Å². The van der Waals surface area contributed by atoms with Gasteiger partial charge < -0.3 is 0 Å². The van der Waals surface area contributed by atoms with Gasteiger partial charge in [0.1, 0.15) is 0 Å². The SMILES string of the molecule is c1ccc(-c2ccc(-c3ccc(-c4nc(-c5ccccc5)c5sc6ccccc6c5n4)c4c3-c3cccc5cccc-4c35)cc2)cc1. The molecule has 10 rings (SSSR count). The number of hydrogen-bond acceptors (Lipinski definition) is 3. The molecule has 0 bridgehead atoms. The lowest BCUT2D eigenvalue weighted by Gasteiger charge is -2.16. The van der Waals surface area contributed by atoms with E-state index in [0.717, 1.165) is 32.9 Å². The van der Waals surface area contributed by atoms with E-state index in [-0.39, 0.29) is 0 Å². The fraction of sp³-hybridized carbons (Fsp3) is 0. The van der Waals surface area contributed by atoms with Gasteiger partial charge >= 0.3 is 0 Å². The number of hydrogen-bond donors (Lipinski definition) is 0. The van der Waals surface area contributed by atoms with Crippen molar-refractivity contribution in [3.05, 3.63) is 158 Å². The highest BCUT2D eigenvalue weighted by atomic mass is 32.1. The zero-order valence-electron chi connectivity index (χ0n) is 25.3. The molecule has 0 saturated carbocycles. The van der Waals surface area contributed by atoms with Gasteiger partial charge in [0.15, 0.2) is 5.82 Å². The average molecular weight is 615 g/mol. The van der Waals surface area contributed by atoms with Crippen LogP contribution < -0.4 is 0 Å². The van der Waals surface area contributed by atoms with Crippen molar-refractivity contribution in [2.24, 2.45) is 0 Å². The van der Waals surface area contributed by atoms with E-state index in [1.54, 1.807) is 11.3 Å². The summed E-state index contributed by atoms with van der Waals surface area (Å²) in [5, 5.41) is 3.72. The molecule has 0 spiro atoms. The van der Waals surface area contributed by atoms with Crippen LogP contribution in [0, 0.1) is 0 Å². The lowest BCUT2D eigenvalue weighted by molar-refractivity contribution is 1.24. The van der Waals surface area contributed by atoms with Crippen LogP contribution in [0.1, 0.15) is 0 Å². The van der Waals surface area contributed by atoms with Crippen LogP contribution in [0.3, 0.4) is 0 Å². The smallest absolute Gasteiger partial charge is 0.161 e.